The van der Waals surface area contributed by atoms with E-state index in [4.69, 9.17) is 4.42 Å². The van der Waals surface area contributed by atoms with Gasteiger partial charge in [-0.15, -0.1) is 0 Å². The van der Waals surface area contributed by atoms with Crippen LogP contribution in [0.25, 0.3) is 22.1 Å². The molecular weight excluding hydrogens is 378 g/mol. The summed E-state index contributed by atoms with van der Waals surface area (Å²) in [6.45, 7) is 0.283. The summed E-state index contributed by atoms with van der Waals surface area (Å²) in [6, 6.07) is 23.9. The Labute approximate surface area is 171 Å². The molecule has 0 bridgehead atoms. The van der Waals surface area contributed by atoms with E-state index in [0.29, 0.717) is 16.7 Å². The van der Waals surface area contributed by atoms with E-state index in [2.05, 4.69) is 10.3 Å². The zero-order valence-electron chi connectivity index (χ0n) is 15.9. The van der Waals surface area contributed by atoms with Gasteiger partial charge in [-0.25, -0.2) is 4.98 Å². The fourth-order valence-electron chi connectivity index (χ4n) is 3.46. The molecule has 1 N–H and O–H groups in total. The first kappa shape index (κ1) is 17.9. The number of aromatic nitrogens is 2. The van der Waals surface area contributed by atoms with E-state index in [1.54, 1.807) is 18.2 Å². The number of furan rings is 1. The lowest BCUT2D eigenvalue weighted by atomic mass is 10.1. The molecular formula is C24H17N3O3. The number of fused-ring (bicyclic) bond motifs is 3. The predicted octanol–water partition coefficient (Wildman–Crippen LogP) is 4.44. The molecule has 6 nitrogen and oxygen atoms in total. The number of nitrogens with one attached hydrogen (secondary N) is 1. The second-order valence-electron chi connectivity index (χ2n) is 6.97. The zero-order chi connectivity index (χ0) is 20.5. The number of carbonyl (C=O) groups is 1. The van der Waals surface area contributed by atoms with Crippen LogP contribution >= 0.6 is 0 Å². The highest BCUT2D eigenvalue weighted by molar-refractivity contribution is 6.04. The van der Waals surface area contributed by atoms with Gasteiger partial charge < -0.3 is 9.73 Å². The van der Waals surface area contributed by atoms with Crippen molar-refractivity contribution < 1.29 is 9.21 Å². The van der Waals surface area contributed by atoms with Gasteiger partial charge in [0, 0.05) is 16.6 Å². The molecule has 0 fully saturated rings. The summed E-state index contributed by atoms with van der Waals surface area (Å²) in [5.74, 6) is -0.207. The van der Waals surface area contributed by atoms with Gasteiger partial charge in [0.05, 0.1) is 12.9 Å². The number of amides is 1. The molecule has 0 saturated heterocycles. The van der Waals surface area contributed by atoms with Crippen molar-refractivity contribution in [3.05, 3.63) is 107 Å². The van der Waals surface area contributed by atoms with Gasteiger partial charge in [-0.3, -0.25) is 14.2 Å². The van der Waals surface area contributed by atoms with Crippen molar-refractivity contribution >= 4 is 33.7 Å². The number of anilines is 1. The monoisotopic (exact) mass is 395 g/mol. The molecule has 0 spiro atoms. The predicted molar refractivity (Wildman–Crippen MR) is 116 cm³/mol. The number of para-hydroxylation sites is 2. The van der Waals surface area contributed by atoms with Crippen LogP contribution in [0.1, 0.15) is 15.9 Å². The Morgan fingerprint density at radius 3 is 2.63 bits per heavy atom. The van der Waals surface area contributed by atoms with Crippen LogP contribution < -0.4 is 10.9 Å². The number of hydrogen-bond donors (Lipinski definition) is 1. The Hall–Kier alpha value is -4.19. The van der Waals surface area contributed by atoms with Crippen LogP contribution in [0.3, 0.4) is 0 Å². The van der Waals surface area contributed by atoms with Gasteiger partial charge >= 0.3 is 0 Å². The fourth-order valence-corrected chi connectivity index (χ4v) is 3.46. The Morgan fingerprint density at radius 1 is 0.967 bits per heavy atom. The normalized spacial score (nSPS) is 11.1. The highest BCUT2D eigenvalue weighted by atomic mass is 16.3. The number of nitrogens with zero attached hydrogens (tertiary/aromatic N) is 2. The minimum absolute atomic E-state index is 0.207. The van der Waals surface area contributed by atoms with Crippen molar-refractivity contribution in [3.8, 4) is 0 Å². The molecule has 0 aliphatic rings. The van der Waals surface area contributed by atoms with E-state index < -0.39 is 0 Å². The maximum Gasteiger partial charge on any atom is 0.297 e. The Kier molecular flexibility index (Phi) is 4.37. The van der Waals surface area contributed by atoms with Crippen LogP contribution in [0, 0.1) is 0 Å². The number of rotatable bonds is 4. The second-order valence-corrected chi connectivity index (χ2v) is 6.97. The molecule has 1 amide bonds. The minimum Gasteiger partial charge on any atom is -0.448 e. The Morgan fingerprint density at radius 2 is 1.77 bits per heavy atom. The highest BCUT2D eigenvalue weighted by Crippen LogP contribution is 2.24. The summed E-state index contributed by atoms with van der Waals surface area (Å²) in [7, 11) is 0. The van der Waals surface area contributed by atoms with E-state index in [9.17, 15) is 9.59 Å². The lowest BCUT2D eigenvalue weighted by Crippen LogP contribution is -2.21. The first-order chi connectivity index (χ1) is 14.7. The van der Waals surface area contributed by atoms with Gasteiger partial charge in [0.25, 0.3) is 11.5 Å². The maximum absolute atomic E-state index is 12.9. The Bertz CT molecular complexity index is 1430. The quantitative estimate of drug-likeness (QED) is 0.488. The van der Waals surface area contributed by atoms with E-state index in [0.717, 1.165) is 16.6 Å². The van der Waals surface area contributed by atoms with Crippen LogP contribution in [-0.4, -0.2) is 15.5 Å². The third-order valence-corrected chi connectivity index (χ3v) is 4.92. The van der Waals surface area contributed by atoms with E-state index in [1.165, 1.54) is 10.9 Å². The molecule has 2 heterocycles. The van der Waals surface area contributed by atoms with Crippen LogP contribution in [0.4, 0.5) is 5.69 Å². The van der Waals surface area contributed by atoms with Crippen molar-refractivity contribution in [2.75, 3.05) is 5.32 Å². The maximum atomic E-state index is 12.9. The van der Waals surface area contributed by atoms with E-state index >= 15 is 0 Å². The molecule has 0 aliphatic heterocycles. The molecule has 0 atom stereocenters. The van der Waals surface area contributed by atoms with Gasteiger partial charge in [0.15, 0.2) is 0 Å². The number of hydrogen-bond acceptors (Lipinski definition) is 4. The minimum atomic E-state index is -0.254. The molecule has 2 aromatic heterocycles. The molecule has 0 unspecified atom stereocenters. The summed E-state index contributed by atoms with van der Waals surface area (Å²) >= 11 is 0. The average molecular weight is 395 g/mol. The molecule has 0 aliphatic carbocycles. The van der Waals surface area contributed by atoms with Gasteiger partial charge in [0.1, 0.15) is 11.1 Å². The third kappa shape index (κ3) is 3.24. The fraction of sp³-hybridized carbons (Fsp3) is 0.0417. The standard InChI is InChI=1S/C24H17N3O3/c28-23(26-18-9-2-1-3-10-18)17-8-6-7-16(13-17)14-27-15-25-21-19-11-4-5-12-20(19)30-22(21)24(27)29/h1-13,15H,14H2,(H,26,28). The molecule has 0 radical (unpaired) electrons. The van der Waals surface area contributed by atoms with Crippen LogP contribution in [0.15, 0.2) is 94.4 Å². The average Bonchev–Trinajstić information content (AvgIpc) is 3.16. The molecule has 3 aromatic carbocycles. The lowest BCUT2D eigenvalue weighted by molar-refractivity contribution is 0.102. The van der Waals surface area contributed by atoms with Gasteiger partial charge in [-0.2, -0.15) is 0 Å². The van der Waals surface area contributed by atoms with Crippen molar-refractivity contribution in [1.29, 1.82) is 0 Å². The zero-order valence-corrected chi connectivity index (χ0v) is 15.9. The molecule has 5 rings (SSSR count). The van der Waals surface area contributed by atoms with Crippen molar-refractivity contribution in [2.45, 2.75) is 6.54 Å². The summed E-state index contributed by atoms with van der Waals surface area (Å²) in [4.78, 5) is 29.9. The number of benzene rings is 3. The summed E-state index contributed by atoms with van der Waals surface area (Å²) in [5.41, 5.74) is 3.23. The third-order valence-electron chi connectivity index (χ3n) is 4.92. The number of carbonyl (C=O) groups excluding carboxylic acids is 1. The summed E-state index contributed by atoms with van der Waals surface area (Å²) < 4.78 is 7.22. The first-order valence-corrected chi connectivity index (χ1v) is 9.51. The van der Waals surface area contributed by atoms with Crippen molar-refractivity contribution in [3.63, 3.8) is 0 Å². The Balaban J connectivity index is 1.44. The van der Waals surface area contributed by atoms with Crippen LogP contribution in [0.5, 0.6) is 0 Å². The lowest BCUT2D eigenvalue weighted by Gasteiger charge is -2.08. The van der Waals surface area contributed by atoms with Crippen molar-refractivity contribution in [2.24, 2.45) is 0 Å². The second kappa shape index (κ2) is 7.33. The van der Waals surface area contributed by atoms with E-state index in [1.807, 2.05) is 60.7 Å². The molecule has 30 heavy (non-hydrogen) atoms. The summed E-state index contributed by atoms with van der Waals surface area (Å²) in [6.07, 6.45) is 1.52. The van der Waals surface area contributed by atoms with Gasteiger partial charge in [-0.1, -0.05) is 42.5 Å². The topological polar surface area (TPSA) is 77.1 Å². The summed E-state index contributed by atoms with van der Waals surface area (Å²) in [5, 5.41) is 3.68. The molecule has 0 saturated carbocycles. The van der Waals surface area contributed by atoms with Gasteiger partial charge in [0.2, 0.25) is 5.58 Å². The van der Waals surface area contributed by atoms with Crippen molar-refractivity contribution in [1.82, 2.24) is 9.55 Å². The van der Waals surface area contributed by atoms with E-state index in [-0.39, 0.29) is 23.6 Å². The molecule has 146 valence electrons. The highest BCUT2D eigenvalue weighted by Gasteiger charge is 2.14. The molecule has 6 heteroatoms. The molecule has 5 aromatic rings. The van der Waals surface area contributed by atoms with Crippen LogP contribution in [0.2, 0.25) is 0 Å². The largest absolute Gasteiger partial charge is 0.448 e. The SMILES string of the molecule is O=C(Nc1ccccc1)c1cccc(Cn2cnc3c(oc4ccccc43)c2=O)c1. The van der Waals surface area contributed by atoms with Gasteiger partial charge in [-0.05, 0) is 42.0 Å². The van der Waals surface area contributed by atoms with Crippen LogP contribution in [-0.2, 0) is 6.54 Å². The first-order valence-electron chi connectivity index (χ1n) is 9.51. The smallest absolute Gasteiger partial charge is 0.297 e.